The molecular weight excluding hydrogens is 365 g/mol. The number of rotatable bonds is 5. The Bertz CT molecular complexity index is 621. The number of nitrogens with one attached hydrogen (secondary N) is 2. The van der Waals surface area contributed by atoms with Crippen molar-refractivity contribution in [1.29, 1.82) is 0 Å². The lowest BCUT2D eigenvalue weighted by molar-refractivity contribution is -0.131. The Hall–Kier alpha value is -1.34. The minimum absolute atomic E-state index is 0.121. The van der Waals surface area contributed by atoms with Gasteiger partial charge in [0.1, 0.15) is 6.10 Å². The van der Waals surface area contributed by atoms with E-state index < -0.39 is 24.0 Å². The average Bonchev–Trinajstić information content (AvgIpc) is 2.61. The van der Waals surface area contributed by atoms with Crippen molar-refractivity contribution in [1.82, 2.24) is 10.9 Å². The van der Waals surface area contributed by atoms with E-state index in [4.69, 9.17) is 28.9 Å². The fourth-order valence-corrected chi connectivity index (χ4v) is 3.44. The molecule has 5 N–H and O–H groups in total. The van der Waals surface area contributed by atoms with Crippen LogP contribution in [0.4, 0.5) is 0 Å². The van der Waals surface area contributed by atoms with Gasteiger partial charge in [0, 0.05) is 11.1 Å². The first-order chi connectivity index (χ1) is 11.9. The van der Waals surface area contributed by atoms with Gasteiger partial charge in [0.2, 0.25) is 0 Å². The van der Waals surface area contributed by atoms with Crippen molar-refractivity contribution in [3.63, 3.8) is 0 Å². The quantitative estimate of drug-likeness (QED) is 0.582. The molecule has 0 bridgehead atoms. The topological polar surface area (TPSA) is 104 Å². The van der Waals surface area contributed by atoms with Crippen LogP contribution in [0.3, 0.4) is 0 Å². The molecule has 0 spiro atoms. The van der Waals surface area contributed by atoms with Gasteiger partial charge in [-0.3, -0.25) is 20.4 Å². The second-order valence-electron chi connectivity index (χ2n) is 6.42. The van der Waals surface area contributed by atoms with Crippen LogP contribution in [-0.4, -0.2) is 29.1 Å². The van der Waals surface area contributed by atoms with Crippen LogP contribution in [0.2, 0.25) is 10.0 Å². The molecule has 8 heteroatoms. The highest BCUT2D eigenvalue weighted by Crippen LogP contribution is 2.27. The van der Waals surface area contributed by atoms with Gasteiger partial charge in [0.15, 0.2) is 0 Å². The van der Waals surface area contributed by atoms with Crippen LogP contribution in [0, 0.1) is 5.92 Å². The highest BCUT2D eigenvalue weighted by molar-refractivity contribution is 6.35. The number of hydrogen-bond donors (Lipinski definition) is 4. The number of hydrazine groups is 1. The predicted octanol–water partition coefficient (Wildman–Crippen LogP) is 2.41. The second kappa shape index (κ2) is 9.38. The summed E-state index contributed by atoms with van der Waals surface area (Å²) < 4.78 is 0. The van der Waals surface area contributed by atoms with Gasteiger partial charge < -0.3 is 10.8 Å². The van der Waals surface area contributed by atoms with Gasteiger partial charge in [-0.05, 0) is 30.5 Å². The molecule has 2 amide bonds. The smallest absolute Gasteiger partial charge is 0.271 e. The molecule has 6 nitrogen and oxygen atoms in total. The lowest BCUT2D eigenvalue weighted by atomic mass is 9.84. The maximum Gasteiger partial charge on any atom is 0.271 e. The van der Waals surface area contributed by atoms with E-state index in [9.17, 15) is 14.7 Å². The number of carbonyl (C=O) groups is 2. The summed E-state index contributed by atoms with van der Waals surface area (Å²) in [4.78, 5) is 24.0. The summed E-state index contributed by atoms with van der Waals surface area (Å²) in [5.74, 6) is -0.949. The fraction of sp³-hybridized carbons (Fsp3) is 0.529. The second-order valence-corrected chi connectivity index (χ2v) is 7.26. The Morgan fingerprint density at radius 2 is 1.88 bits per heavy atom. The number of benzene rings is 1. The summed E-state index contributed by atoms with van der Waals surface area (Å²) >= 11 is 11.8. The molecule has 0 radical (unpaired) electrons. The number of nitrogens with two attached hydrogens (primary N) is 1. The van der Waals surface area contributed by atoms with E-state index in [0.717, 1.165) is 25.7 Å². The van der Waals surface area contributed by atoms with E-state index in [-0.39, 0.29) is 10.6 Å². The Morgan fingerprint density at radius 3 is 2.56 bits per heavy atom. The maximum absolute atomic E-state index is 12.0. The number of halogens is 2. The van der Waals surface area contributed by atoms with Crippen LogP contribution in [0.15, 0.2) is 18.2 Å². The summed E-state index contributed by atoms with van der Waals surface area (Å²) in [6, 6.07) is 3.74. The van der Waals surface area contributed by atoms with Gasteiger partial charge in [0.25, 0.3) is 11.8 Å². The first-order valence-corrected chi connectivity index (χ1v) is 9.13. The Balaban J connectivity index is 1.83. The van der Waals surface area contributed by atoms with E-state index in [0.29, 0.717) is 17.4 Å². The zero-order valence-corrected chi connectivity index (χ0v) is 15.3. The van der Waals surface area contributed by atoms with Crippen LogP contribution in [-0.2, 0) is 4.79 Å². The monoisotopic (exact) mass is 387 g/mol. The van der Waals surface area contributed by atoms with Crippen molar-refractivity contribution in [2.24, 2.45) is 11.7 Å². The average molecular weight is 388 g/mol. The van der Waals surface area contributed by atoms with Crippen LogP contribution in [0.5, 0.6) is 0 Å². The molecular formula is C17H23Cl2N3O3. The third-order valence-corrected chi connectivity index (χ3v) is 5.04. The van der Waals surface area contributed by atoms with E-state index in [1.807, 2.05) is 0 Å². The molecule has 25 heavy (non-hydrogen) atoms. The minimum Gasteiger partial charge on any atom is -0.382 e. The fourth-order valence-electron chi connectivity index (χ4n) is 3.06. The van der Waals surface area contributed by atoms with E-state index in [2.05, 4.69) is 10.9 Å². The van der Waals surface area contributed by atoms with E-state index in [1.54, 1.807) is 6.07 Å². The number of aliphatic hydroxyl groups excluding tert-OH is 1. The lowest BCUT2D eigenvalue weighted by Crippen LogP contribution is -2.52. The Kier molecular flexibility index (Phi) is 7.50. The Labute approximate surface area is 157 Å². The zero-order chi connectivity index (χ0) is 18.4. The molecule has 1 fully saturated rings. The van der Waals surface area contributed by atoms with Gasteiger partial charge in [-0.15, -0.1) is 0 Å². The number of aliphatic hydroxyl groups is 1. The largest absolute Gasteiger partial charge is 0.382 e. The summed E-state index contributed by atoms with van der Waals surface area (Å²) in [6.07, 6.45) is 4.90. The maximum atomic E-state index is 12.0. The first kappa shape index (κ1) is 20.0. The lowest BCUT2D eigenvalue weighted by Gasteiger charge is -2.26. The Morgan fingerprint density at radius 1 is 1.20 bits per heavy atom. The summed E-state index contributed by atoms with van der Waals surface area (Å²) in [5, 5.41) is 10.6. The zero-order valence-electron chi connectivity index (χ0n) is 13.8. The predicted molar refractivity (Wildman–Crippen MR) is 97.2 cm³/mol. The molecule has 138 valence electrons. The van der Waals surface area contributed by atoms with Crippen molar-refractivity contribution >= 4 is 35.0 Å². The van der Waals surface area contributed by atoms with Gasteiger partial charge in [-0.25, -0.2) is 0 Å². The summed E-state index contributed by atoms with van der Waals surface area (Å²) in [7, 11) is 0. The van der Waals surface area contributed by atoms with Crippen LogP contribution in [0.25, 0.3) is 0 Å². The normalized spacial score (nSPS) is 17.6. The highest BCUT2D eigenvalue weighted by Gasteiger charge is 2.27. The SMILES string of the molecule is NC(CC1CCCCC1)C(O)C(=O)NNC(=O)c1cc(Cl)ccc1Cl. The summed E-state index contributed by atoms with van der Waals surface area (Å²) in [6.45, 7) is 0. The minimum atomic E-state index is -1.39. The van der Waals surface area contributed by atoms with Crippen molar-refractivity contribution in [3.05, 3.63) is 33.8 Å². The molecule has 0 saturated heterocycles. The third kappa shape index (κ3) is 5.85. The van der Waals surface area contributed by atoms with Crippen LogP contribution >= 0.6 is 23.2 Å². The van der Waals surface area contributed by atoms with E-state index in [1.165, 1.54) is 18.6 Å². The number of carbonyl (C=O) groups excluding carboxylic acids is 2. The molecule has 0 aliphatic heterocycles. The molecule has 0 heterocycles. The van der Waals surface area contributed by atoms with Crippen LogP contribution in [0.1, 0.15) is 48.9 Å². The van der Waals surface area contributed by atoms with E-state index >= 15 is 0 Å². The number of hydrogen-bond acceptors (Lipinski definition) is 4. The van der Waals surface area contributed by atoms with Crippen LogP contribution < -0.4 is 16.6 Å². The standard InChI is InChI=1S/C17H23Cl2N3O3/c18-11-6-7-13(19)12(9-11)16(24)21-22-17(25)15(23)14(20)8-10-4-2-1-3-5-10/h6-7,9-10,14-15,23H,1-5,8,20H2,(H,21,24)(H,22,25). The molecule has 2 atom stereocenters. The molecule has 0 aromatic heterocycles. The first-order valence-electron chi connectivity index (χ1n) is 8.37. The van der Waals surface area contributed by atoms with Crippen molar-refractivity contribution < 1.29 is 14.7 Å². The number of amides is 2. The highest BCUT2D eigenvalue weighted by atomic mass is 35.5. The molecule has 1 aromatic carbocycles. The molecule has 1 saturated carbocycles. The molecule has 2 unspecified atom stereocenters. The molecule has 1 aromatic rings. The summed E-state index contributed by atoms with van der Waals surface area (Å²) in [5.41, 5.74) is 10.5. The van der Waals surface area contributed by atoms with Gasteiger partial charge >= 0.3 is 0 Å². The van der Waals surface area contributed by atoms with Crippen molar-refractivity contribution in [2.75, 3.05) is 0 Å². The molecule has 1 aliphatic rings. The van der Waals surface area contributed by atoms with Gasteiger partial charge in [-0.2, -0.15) is 0 Å². The third-order valence-electron chi connectivity index (χ3n) is 4.48. The molecule has 2 rings (SSSR count). The van der Waals surface area contributed by atoms with Crippen molar-refractivity contribution in [3.8, 4) is 0 Å². The molecule has 1 aliphatic carbocycles. The van der Waals surface area contributed by atoms with Gasteiger partial charge in [0.05, 0.1) is 10.6 Å². The van der Waals surface area contributed by atoms with Gasteiger partial charge in [-0.1, -0.05) is 55.3 Å². The van der Waals surface area contributed by atoms with Crippen molar-refractivity contribution in [2.45, 2.75) is 50.7 Å².